The van der Waals surface area contributed by atoms with Gasteiger partial charge >= 0.3 is 6.09 Å². The first-order valence-corrected chi connectivity index (χ1v) is 8.24. The van der Waals surface area contributed by atoms with Gasteiger partial charge in [-0.25, -0.2) is 4.79 Å². The fourth-order valence-corrected chi connectivity index (χ4v) is 2.63. The van der Waals surface area contributed by atoms with Gasteiger partial charge in [-0.3, -0.25) is 4.90 Å². The van der Waals surface area contributed by atoms with Crippen molar-refractivity contribution in [2.75, 3.05) is 25.5 Å². The number of amides is 1. The minimum Gasteiger partial charge on any atom is -0.465 e. The van der Waals surface area contributed by atoms with E-state index in [2.05, 4.69) is 5.16 Å². The van der Waals surface area contributed by atoms with Gasteiger partial charge in [-0.1, -0.05) is 23.4 Å². The first-order valence-electron chi connectivity index (χ1n) is 8.24. The highest BCUT2D eigenvalue weighted by Gasteiger charge is 2.18. The Balaban J connectivity index is 1.71. The minimum absolute atomic E-state index is 0.0775. The van der Waals surface area contributed by atoms with Gasteiger partial charge in [0.05, 0.1) is 11.4 Å². The molecule has 0 atom stereocenters. The number of hydrogen-bond donors (Lipinski definition) is 1. The van der Waals surface area contributed by atoms with E-state index in [1.54, 1.807) is 18.2 Å². The number of methoxy groups -OCH3 is 1. The Morgan fingerprint density at radius 1 is 1.22 bits per heavy atom. The number of ether oxygens (including phenoxy) is 3. The zero-order valence-electron chi connectivity index (χ0n) is 15.0. The Bertz CT molecular complexity index is 852. The van der Waals surface area contributed by atoms with Crippen molar-refractivity contribution < 1.29 is 28.9 Å². The van der Waals surface area contributed by atoms with Gasteiger partial charge in [-0.05, 0) is 31.2 Å². The Morgan fingerprint density at radius 3 is 2.78 bits per heavy atom. The molecule has 0 saturated heterocycles. The molecule has 27 heavy (non-hydrogen) atoms. The fraction of sp³-hybridized carbons (Fsp3) is 0.263. The van der Waals surface area contributed by atoms with E-state index in [1.165, 1.54) is 7.11 Å². The lowest BCUT2D eigenvalue weighted by Crippen LogP contribution is -2.32. The highest BCUT2D eigenvalue weighted by atomic mass is 16.7. The smallest absolute Gasteiger partial charge is 0.413 e. The zero-order chi connectivity index (χ0) is 19.2. The number of anilines is 1. The van der Waals surface area contributed by atoms with Gasteiger partial charge < -0.3 is 24.2 Å². The molecule has 1 aliphatic rings. The SMILES string of the molecule is COCN(C(=O)O)c1ccccc1CO/N=C(/C)c1ccc2c(c1)OCO2. The van der Waals surface area contributed by atoms with Crippen LogP contribution in [0.25, 0.3) is 0 Å². The Hall–Kier alpha value is -3.26. The molecule has 8 nitrogen and oxygen atoms in total. The third-order valence-electron chi connectivity index (χ3n) is 3.98. The highest BCUT2D eigenvalue weighted by Crippen LogP contribution is 2.32. The van der Waals surface area contributed by atoms with Gasteiger partial charge in [0.2, 0.25) is 6.79 Å². The molecule has 1 aliphatic heterocycles. The number of benzene rings is 2. The second-order valence-electron chi connectivity index (χ2n) is 5.78. The molecule has 0 saturated carbocycles. The first-order chi connectivity index (χ1) is 13.1. The minimum atomic E-state index is -1.11. The van der Waals surface area contributed by atoms with Crippen LogP contribution in [0.15, 0.2) is 47.6 Å². The summed E-state index contributed by atoms with van der Waals surface area (Å²) >= 11 is 0. The third-order valence-corrected chi connectivity index (χ3v) is 3.98. The molecule has 2 aromatic carbocycles. The lowest BCUT2D eigenvalue weighted by Gasteiger charge is -2.20. The molecule has 3 rings (SSSR count). The molecule has 0 unspecified atom stereocenters. The number of oxime groups is 1. The normalized spacial score (nSPS) is 12.7. The monoisotopic (exact) mass is 372 g/mol. The summed E-state index contributed by atoms with van der Waals surface area (Å²) in [6.07, 6.45) is -1.11. The summed E-state index contributed by atoms with van der Waals surface area (Å²) in [4.78, 5) is 18.0. The van der Waals surface area contributed by atoms with Crippen molar-refractivity contribution in [1.29, 1.82) is 0 Å². The third kappa shape index (κ3) is 4.29. The van der Waals surface area contributed by atoms with Gasteiger partial charge in [0.15, 0.2) is 11.5 Å². The molecule has 2 aromatic rings. The molecule has 8 heteroatoms. The summed E-state index contributed by atoms with van der Waals surface area (Å²) in [6, 6.07) is 12.6. The molecular formula is C19H20N2O6. The van der Waals surface area contributed by atoms with Crippen molar-refractivity contribution in [2.24, 2.45) is 5.16 Å². The molecule has 1 heterocycles. The van der Waals surface area contributed by atoms with Crippen LogP contribution in [0.1, 0.15) is 18.1 Å². The van der Waals surface area contributed by atoms with Gasteiger partial charge in [-0.2, -0.15) is 0 Å². The molecule has 0 fully saturated rings. The van der Waals surface area contributed by atoms with Crippen molar-refractivity contribution in [3.05, 3.63) is 53.6 Å². The Kier molecular flexibility index (Phi) is 5.77. The standard InChI is InChI=1S/C19H20N2O6/c1-13(14-7-8-17-18(9-14)26-12-25-17)20-27-10-15-5-3-4-6-16(15)21(11-24-2)19(22)23/h3-9H,10-12H2,1-2H3,(H,22,23)/b20-13-. The van der Waals surface area contributed by atoms with Crippen LogP contribution >= 0.6 is 0 Å². The van der Waals surface area contributed by atoms with Crippen LogP contribution in [0.5, 0.6) is 11.5 Å². The lowest BCUT2D eigenvalue weighted by atomic mass is 10.1. The lowest BCUT2D eigenvalue weighted by molar-refractivity contribution is 0.130. The summed E-state index contributed by atoms with van der Waals surface area (Å²) in [5, 5.41) is 13.5. The predicted octanol–water partition coefficient (Wildman–Crippen LogP) is 3.44. The number of carbonyl (C=O) groups is 1. The van der Waals surface area contributed by atoms with E-state index < -0.39 is 6.09 Å². The number of carboxylic acid groups (broad SMARTS) is 1. The quantitative estimate of drug-likeness (QED) is 0.455. The number of fused-ring (bicyclic) bond motifs is 1. The van der Waals surface area contributed by atoms with Crippen LogP contribution in [0.2, 0.25) is 0 Å². The number of para-hydroxylation sites is 1. The maximum Gasteiger partial charge on any atom is 0.413 e. The van der Waals surface area contributed by atoms with Crippen LogP contribution in [0.4, 0.5) is 10.5 Å². The van der Waals surface area contributed by atoms with Crippen LogP contribution in [0.3, 0.4) is 0 Å². The van der Waals surface area contributed by atoms with E-state index in [1.807, 2.05) is 31.2 Å². The van der Waals surface area contributed by atoms with Crippen LogP contribution in [-0.4, -0.2) is 37.5 Å². The van der Waals surface area contributed by atoms with Crippen molar-refractivity contribution in [3.63, 3.8) is 0 Å². The maximum absolute atomic E-state index is 11.5. The van der Waals surface area contributed by atoms with Crippen LogP contribution in [0, 0.1) is 0 Å². The number of nitrogens with zero attached hydrogens (tertiary/aromatic N) is 2. The average Bonchev–Trinajstić information content (AvgIpc) is 3.14. The molecule has 1 amide bonds. The predicted molar refractivity (Wildman–Crippen MR) is 98.4 cm³/mol. The van der Waals surface area contributed by atoms with Gasteiger partial charge in [0, 0.05) is 18.2 Å². The largest absolute Gasteiger partial charge is 0.465 e. The van der Waals surface area contributed by atoms with Crippen molar-refractivity contribution in [3.8, 4) is 11.5 Å². The highest BCUT2D eigenvalue weighted by molar-refractivity contribution is 5.98. The van der Waals surface area contributed by atoms with E-state index >= 15 is 0 Å². The van der Waals surface area contributed by atoms with Gasteiger partial charge in [0.1, 0.15) is 13.3 Å². The van der Waals surface area contributed by atoms with Gasteiger partial charge in [-0.15, -0.1) is 0 Å². The zero-order valence-corrected chi connectivity index (χ0v) is 15.0. The van der Waals surface area contributed by atoms with Crippen LogP contribution < -0.4 is 14.4 Å². The first kappa shape index (κ1) is 18.5. The molecule has 0 aromatic heterocycles. The van der Waals surface area contributed by atoms with Crippen molar-refractivity contribution in [2.45, 2.75) is 13.5 Å². The topological polar surface area (TPSA) is 89.8 Å². The van der Waals surface area contributed by atoms with Crippen molar-refractivity contribution in [1.82, 2.24) is 0 Å². The summed E-state index contributed by atoms with van der Waals surface area (Å²) in [7, 11) is 1.44. The Labute approximate surface area is 156 Å². The average molecular weight is 372 g/mol. The summed E-state index contributed by atoms with van der Waals surface area (Å²) in [5.74, 6) is 1.37. The number of hydrogen-bond acceptors (Lipinski definition) is 6. The number of rotatable bonds is 7. The second kappa shape index (κ2) is 8.41. The van der Waals surface area contributed by atoms with E-state index in [9.17, 15) is 9.90 Å². The summed E-state index contributed by atoms with van der Waals surface area (Å²) in [5.41, 5.74) is 2.68. The van der Waals surface area contributed by atoms with E-state index in [0.717, 1.165) is 10.5 Å². The molecule has 1 N–H and O–H groups in total. The molecule has 0 bridgehead atoms. The molecule has 0 aliphatic carbocycles. The molecule has 0 spiro atoms. The molecule has 142 valence electrons. The maximum atomic E-state index is 11.5. The summed E-state index contributed by atoms with van der Waals surface area (Å²) < 4.78 is 15.6. The van der Waals surface area contributed by atoms with E-state index in [4.69, 9.17) is 19.0 Å². The van der Waals surface area contributed by atoms with Crippen LogP contribution in [-0.2, 0) is 16.2 Å². The molecular weight excluding hydrogens is 352 g/mol. The second-order valence-corrected chi connectivity index (χ2v) is 5.78. The Morgan fingerprint density at radius 2 is 2.00 bits per heavy atom. The van der Waals surface area contributed by atoms with E-state index in [0.29, 0.717) is 28.5 Å². The van der Waals surface area contributed by atoms with E-state index in [-0.39, 0.29) is 20.1 Å². The summed E-state index contributed by atoms with van der Waals surface area (Å²) in [6.45, 7) is 2.07. The van der Waals surface area contributed by atoms with Gasteiger partial charge in [0.25, 0.3) is 0 Å². The molecule has 0 radical (unpaired) electrons. The van der Waals surface area contributed by atoms with Crippen molar-refractivity contribution >= 4 is 17.5 Å². The fourth-order valence-electron chi connectivity index (χ4n) is 2.63.